The molecule has 4 N–H and O–H groups in total. The molecule has 8 heteroatoms. The number of ether oxygens (including phenoxy) is 1. The molecule has 1 unspecified atom stereocenters. The van der Waals surface area contributed by atoms with E-state index in [0.29, 0.717) is 6.42 Å². The first-order valence-corrected chi connectivity index (χ1v) is 10.1. The molecule has 2 rings (SSSR count). The zero-order chi connectivity index (χ0) is 16.7. The number of H-pyrrole nitrogens is 2. The molecule has 4 atom stereocenters. The van der Waals surface area contributed by atoms with Crippen molar-refractivity contribution in [3.63, 3.8) is 0 Å². The molecule has 1 fully saturated rings. The minimum Gasteiger partial charge on any atom is -0.387 e. The second kappa shape index (κ2) is 5.81. The molecule has 0 spiro atoms. The molecule has 0 amide bonds. The van der Waals surface area contributed by atoms with E-state index in [1.807, 2.05) is 0 Å². The molecule has 0 aliphatic carbocycles. The number of hydrogen-bond donors (Lipinski definition) is 4. The zero-order valence-corrected chi connectivity index (χ0v) is 13.9. The maximum absolute atomic E-state index is 11.9. The van der Waals surface area contributed by atoms with Gasteiger partial charge in [0.25, 0.3) is 5.56 Å². The molecule has 124 valence electrons. The average molecular weight is 330 g/mol. The number of hydrogen-bond acceptors (Lipinski definition) is 5. The van der Waals surface area contributed by atoms with Crippen molar-refractivity contribution in [2.45, 2.75) is 37.3 Å². The summed E-state index contributed by atoms with van der Waals surface area (Å²) in [5.74, 6) is 0. The van der Waals surface area contributed by atoms with E-state index in [2.05, 4.69) is 29.6 Å². The van der Waals surface area contributed by atoms with Crippen molar-refractivity contribution in [2.75, 3.05) is 19.5 Å². The van der Waals surface area contributed by atoms with Crippen LogP contribution in [0.2, 0.25) is 0 Å². The van der Waals surface area contributed by atoms with Gasteiger partial charge in [0.15, 0.2) is 0 Å². The highest BCUT2D eigenvalue weighted by molar-refractivity contribution is 7.72. The fraction of sp³-hybridized carbons (Fsp3) is 0.643. The number of rotatable bonds is 4. The van der Waals surface area contributed by atoms with E-state index in [1.54, 1.807) is 6.92 Å². The summed E-state index contributed by atoms with van der Waals surface area (Å²) in [4.78, 5) is 27.4. The van der Waals surface area contributed by atoms with Crippen molar-refractivity contribution in [1.29, 1.82) is 0 Å². The summed E-state index contributed by atoms with van der Waals surface area (Å²) in [6.07, 6.45) is 3.34. The summed E-state index contributed by atoms with van der Waals surface area (Å²) in [6, 6.07) is 0. The molecule has 0 saturated carbocycles. The molecule has 1 aromatic rings. The van der Waals surface area contributed by atoms with E-state index in [9.17, 15) is 19.8 Å². The van der Waals surface area contributed by atoms with Gasteiger partial charge in [-0.2, -0.15) is 0 Å². The van der Waals surface area contributed by atoms with E-state index in [4.69, 9.17) is 4.74 Å². The Morgan fingerprint density at radius 3 is 2.59 bits per heavy atom. The molecule has 0 aromatic carbocycles. The first-order valence-electron chi connectivity index (χ1n) is 7.07. The van der Waals surface area contributed by atoms with Gasteiger partial charge in [0.2, 0.25) is 0 Å². The molecule has 0 bridgehead atoms. The van der Waals surface area contributed by atoms with Crippen LogP contribution < -0.4 is 11.2 Å². The Balaban J connectivity index is 2.28. The Morgan fingerprint density at radius 1 is 1.41 bits per heavy atom. The van der Waals surface area contributed by atoms with Gasteiger partial charge in [-0.05, 0) is 32.8 Å². The van der Waals surface area contributed by atoms with Gasteiger partial charge in [-0.1, -0.05) is 0 Å². The summed E-state index contributed by atoms with van der Waals surface area (Å²) >= 11 is 0. The predicted molar refractivity (Wildman–Crippen MR) is 87.3 cm³/mol. The quantitative estimate of drug-likeness (QED) is 0.567. The lowest BCUT2D eigenvalue weighted by Crippen LogP contribution is -2.41. The van der Waals surface area contributed by atoms with Crippen LogP contribution in [0.1, 0.15) is 25.0 Å². The van der Waals surface area contributed by atoms with Gasteiger partial charge in [-0.15, -0.1) is 13.2 Å². The minimum absolute atomic E-state index is 0.0959. The zero-order valence-electron chi connectivity index (χ0n) is 13.0. The highest BCUT2D eigenvalue weighted by Crippen LogP contribution is 2.45. The summed E-state index contributed by atoms with van der Waals surface area (Å²) in [5, 5.41) is 20.6. The first-order chi connectivity index (χ1) is 10.0. The minimum atomic E-state index is -1.30. The van der Waals surface area contributed by atoms with Crippen LogP contribution in [0.4, 0.5) is 0 Å². The molecule has 1 aliphatic rings. The first kappa shape index (κ1) is 17.2. The third kappa shape index (κ3) is 3.43. The van der Waals surface area contributed by atoms with Crippen molar-refractivity contribution >= 4 is 13.2 Å². The summed E-state index contributed by atoms with van der Waals surface area (Å²) in [5.41, 5.74) is -2.12. The largest absolute Gasteiger partial charge is 0.387 e. The maximum atomic E-state index is 11.9. The molecule has 22 heavy (non-hydrogen) atoms. The smallest absolute Gasteiger partial charge is 0.325 e. The van der Waals surface area contributed by atoms with E-state index in [-0.39, 0.29) is 5.56 Å². The fourth-order valence-corrected chi connectivity index (χ4v) is 3.62. The van der Waals surface area contributed by atoms with Crippen LogP contribution in [0.3, 0.4) is 0 Å². The van der Waals surface area contributed by atoms with Crippen molar-refractivity contribution < 1.29 is 14.9 Å². The molecule has 1 aromatic heterocycles. The van der Waals surface area contributed by atoms with Gasteiger partial charge in [-0.25, -0.2) is 4.79 Å². The standard InChI is InChI=1S/C14H23N2O5P/c1-14(5-6-22(2,3)4)11(18)9(17)10(21-14)8-7-15-13(20)16-12(8)19/h7,9-11,17-18H,2,5-6H2,1,3-4H3,(H2,15,16,19,20)/t9-,10?,11-,14+/m0/s1. The van der Waals surface area contributed by atoms with Crippen LogP contribution in [0.15, 0.2) is 15.8 Å². The van der Waals surface area contributed by atoms with Gasteiger partial charge in [-0.3, -0.25) is 9.78 Å². The number of nitrogens with one attached hydrogen (secondary N) is 2. The Hall–Kier alpha value is -1.14. The molecule has 1 aliphatic heterocycles. The van der Waals surface area contributed by atoms with E-state index >= 15 is 0 Å². The molecule has 7 nitrogen and oxygen atoms in total. The van der Waals surface area contributed by atoms with Crippen molar-refractivity contribution in [3.8, 4) is 0 Å². The summed E-state index contributed by atoms with van der Waals surface area (Å²) in [6.45, 7) is 4.58. The Morgan fingerprint density at radius 2 is 2.05 bits per heavy atom. The lowest BCUT2D eigenvalue weighted by Gasteiger charge is -2.29. The molecule has 1 saturated heterocycles. The van der Waals surface area contributed by atoms with Gasteiger partial charge in [0.1, 0.15) is 18.3 Å². The number of aromatic nitrogens is 2. The molecular formula is C14H23N2O5P. The number of aromatic amines is 2. The van der Waals surface area contributed by atoms with Gasteiger partial charge in [0.05, 0.1) is 11.2 Å². The third-order valence-electron chi connectivity index (χ3n) is 4.02. The Labute approximate surface area is 128 Å². The Kier molecular flexibility index (Phi) is 4.55. The molecular weight excluding hydrogens is 307 g/mol. The second-order valence-corrected chi connectivity index (χ2v) is 11.0. The SMILES string of the molecule is C=P(C)(C)CC[C@@]1(C)OC(c2c[nH]c(=O)[nH]c2=O)[C@H](O)[C@@H]1O. The molecule has 0 radical (unpaired) electrons. The maximum Gasteiger partial charge on any atom is 0.325 e. The van der Waals surface area contributed by atoms with Crippen LogP contribution in [-0.2, 0) is 4.74 Å². The second-order valence-electron chi connectivity index (χ2n) is 6.72. The van der Waals surface area contributed by atoms with Crippen molar-refractivity contribution in [2.24, 2.45) is 0 Å². The van der Waals surface area contributed by atoms with E-state index in [0.717, 1.165) is 6.16 Å². The molecule has 2 heterocycles. The highest BCUT2D eigenvalue weighted by atomic mass is 31.2. The highest BCUT2D eigenvalue weighted by Gasteiger charge is 2.51. The van der Waals surface area contributed by atoms with Gasteiger partial charge >= 0.3 is 5.69 Å². The number of aliphatic hydroxyl groups excluding tert-OH is 2. The Bertz CT molecular complexity index is 706. The lowest BCUT2D eigenvalue weighted by molar-refractivity contribution is -0.0724. The lowest BCUT2D eigenvalue weighted by atomic mass is 9.93. The summed E-state index contributed by atoms with van der Waals surface area (Å²) < 4.78 is 5.82. The summed E-state index contributed by atoms with van der Waals surface area (Å²) in [7, 11) is 0. The van der Waals surface area contributed by atoms with E-state index in [1.165, 1.54) is 6.20 Å². The monoisotopic (exact) mass is 330 g/mol. The third-order valence-corrected chi connectivity index (χ3v) is 5.46. The van der Waals surface area contributed by atoms with Crippen LogP contribution in [0.25, 0.3) is 0 Å². The normalized spacial score (nSPS) is 32.3. The van der Waals surface area contributed by atoms with Crippen LogP contribution in [0, 0.1) is 0 Å². The van der Waals surface area contributed by atoms with Crippen molar-refractivity contribution in [3.05, 3.63) is 32.6 Å². The van der Waals surface area contributed by atoms with Crippen LogP contribution in [0.5, 0.6) is 0 Å². The van der Waals surface area contributed by atoms with Gasteiger partial charge < -0.3 is 19.9 Å². The fourth-order valence-electron chi connectivity index (χ4n) is 2.57. The van der Waals surface area contributed by atoms with Crippen LogP contribution in [-0.4, -0.2) is 63.8 Å². The average Bonchev–Trinajstić information content (AvgIpc) is 2.61. The van der Waals surface area contributed by atoms with Crippen LogP contribution >= 0.6 is 6.89 Å². The van der Waals surface area contributed by atoms with Crippen molar-refractivity contribution in [1.82, 2.24) is 9.97 Å². The van der Waals surface area contributed by atoms with E-state index < -0.39 is 42.0 Å². The van der Waals surface area contributed by atoms with Gasteiger partial charge in [0, 0.05) is 6.20 Å². The predicted octanol–water partition coefficient (Wildman–Crippen LogP) is -0.286. The number of aliphatic hydroxyl groups is 2. The topological polar surface area (TPSA) is 115 Å².